The predicted molar refractivity (Wildman–Crippen MR) is 65.5 cm³/mol. The molecule has 1 fully saturated rings. The van der Waals surface area contributed by atoms with Crippen LogP contribution in [0.15, 0.2) is 0 Å². The smallest absolute Gasteiger partial charge is 0.326 e. The van der Waals surface area contributed by atoms with E-state index in [0.717, 1.165) is 24.4 Å². The Balaban J connectivity index is 2.28. The van der Waals surface area contributed by atoms with Gasteiger partial charge in [0.25, 0.3) is 5.91 Å². The van der Waals surface area contributed by atoms with Crippen molar-refractivity contribution in [1.82, 2.24) is 14.5 Å². The summed E-state index contributed by atoms with van der Waals surface area (Å²) >= 11 is 1.02. The number of hydrogen-bond donors (Lipinski definition) is 1. The molecule has 1 aliphatic rings. The molecule has 6 nitrogen and oxygen atoms in total. The predicted octanol–water partition coefficient (Wildman–Crippen LogP) is 1.17. The van der Waals surface area contributed by atoms with Crippen LogP contribution < -0.4 is 0 Å². The number of carbonyl (C=O) groups is 2. The molecule has 1 aliphatic heterocycles. The molecule has 1 aromatic rings. The Morgan fingerprint density at radius 3 is 2.78 bits per heavy atom. The first kappa shape index (κ1) is 12.9. The molecule has 0 aliphatic carbocycles. The molecule has 7 heteroatoms. The Hall–Kier alpha value is -1.50. The van der Waals surface area contributed by atoms with Crippen molar-refractivity contribution in [3.05, 3.63) is 10.6 Å². The number of rotatable bonds is 2. The first-order valence-corrected chi connectivity index (χ1v) is 6.62. The van der Waals surface area contributed by atoms with Crippen LogP contribution in [0.25, 0.3) is 0 Å². The van der Waals surface area contributed by atoms with E-state index in [9.17, 15) is 14.7 Å². The summed E-state index contributed by atoms with van der Waals surface area (Å²) in [5.74, 6) is -1.23. The minimum absolute atomic E-state index is 0.0265. The molecule has 98 valence electrons. The molecule has 1 N–H and O–H groups in total. The molecule has 0 spiro atoms. The van der Waals surface area contributed by atoms with Gasteiger partial charge in [-0.05, 0) is 37.2 Å². The summed E-state index contributed by atoms with van der Waals surface area (Å²) in [6.07, 6.45) is 1.67. The van der Waals surface area contributed by atoms with Crippen molar-refractivity contribution in [2.45, 2.75) is 32.7 Å². The van der Waals surface area contributed by atoms with E-state index in [4.69, 9.17) is 0 Å². The van der Waals surface area contributed by atoms with Crippen molar-refractivity contribution in [1.29, 1.82) is 0 Å². The van der Waals surface area contributed by atoms with Crippen molar-refractivity contribution in [3.63, 3.8) is 0 Å². The van der Waals surface area contributed by atoms with Crippen LogP contribution in [-0.2, 0) is 4.79 Å². The van der Waals surface area contributed by atoms with Gasteiger partial charge in [-0.15, -0.1) is 5.10 Å². The number of amides is 1. The molecular weight excluding hydrogens is 254 g/mol. The molecule has 2 unspecified atom stereocenters. The van der Waals surface area contributed by atoms with Gasteiger partial charge in [-0.25, -0.2) is 4.79 Å². The van der Waals surface area contributed by atoms with Crippen LogP contribution in [0.1, 0.15) is 35.1 Å². The molecule has 0 radical (unpaired) electrons. The highest BCUT2D eigenvalue weighted by molar-refractivity contribution is 7.07. The average molecular weight is 269 g/mol. The lowest BCUT2D eigenvalue weighted by Gasteiger charge is -2.36. The maximum Gasteiger partial charge on any atom is 0.326 e. The lowest BCUT2D eigenvalue weighted by molar-refractivity contribution is -0.145. The van der Waals surface area contributed by atoms with E-state index >= 15 is 0 Å². The van der Waals surface area contributed by atoms with Crippen LogP contribution in [0.5, 0.6) is 0 Å². The number of aromatic nitrogens is 2. The van der Waals surface area contributed by atoms with Crippen molar-refractivity contribution >= 4 is 23.4 Å². The van der Waals surface area contributed by atoms with Gasteiger partial charge < -0.3 is 10.0 Å². The molecule has 1 aromatic heterocycles. The topological polar surface area (TPSA) is 83.4 Å². The van der Waals surface area contributed by atoms with Crippen LogP contribution in [-0.4, -0.2) is 44.1 Å². The van der Waals surface area contributed by atoms with Crippen molar-refractivity contribution in [2.24, 2.45) is 5.92 Å². The van der Waals surface area contributed by atoms with E-state index in [2.05, 4.69) is 9.59 Å². The summed E-state index contributed by atoms with van der Waals surface area (Å²) in [6.45, 7) is 4.06. The van der Waals surface area contributed by atoms with Gasteiger partial charge in [-0.3, -0.25) is 4.79 Å². The number of nitrogens with zero attached hydrogens (tertiary/aromatic N) is 3. The highest BCUT2D eigenvalue weighted by Crippen LogP contribution is 2.26. The molecule has 2 heterocycles. The number of carboxylic acids is 1. The van der Waals surface area contributed by atoms with E-state index < -0.39 is 12.0 Å². The molecule has 0 bridgehead atoms. The second-order valence-electron chi connectivity index (χ2n) is 4.59. The normalized spacial score (nSPS) is 24.0. The summed E-state index contributed by atoms with van der Waals surface area (Å²) in [6, 6.07) is -0.743. The Morgan fingerprint density at radius 1 is 1.50 bits per heavy atom. The fourth-order valence-electron chi connectivity index (χ4n) is 2.35. The second-order valence-corrected chi connectivity index (χ2v) is 5.34. The van der Waals surface area contributed by atoms with Crippen molar-refractivity contribution < 1.29 is 14.7 Å². The second kappa shape index (κ2) is 5.01. The number of carboxylic acid groups (broad SMARTS) is 1. The SMILES string of the molecule is Cc1nnsc1C(=O)N1CCCC(C)C1C(=O)O. The maximum atomic E-state index is 12.3. The summed E-state index contributed by atoms with van der Waals surface area (Å²) in [5.41, 5.74) is 0.562. The molecule has 1 saturated heterocycles. The Bertz CT molecular complexity index is 474. The van der Waals surface area contributed by atoms with Gasteiger partial charge in [-0.1, -0.05) is 11.4 Å². The monoisotopic (exact) mass is 269 g/mol. The average Bonchev–Trinajstić information content (AvgIpc) is 2.73. The highest BCUT2D eigenvalue weighted by Gasteiger charge is 2.38. The van der Waals surface area contributed by atoms with E-state index in [1.807, 2.05) is 6.92 Å². The summed E-state index contributed by atoms with van der Waals surface area (Å²) in [4.78, 5) is 25.5. The quantitative estimate of drug-likeness (QED) is 0.871. The zero-order valence-corrected chi connectivity index (χ0v) is 11.1. The number of carbonyl (C=O) groups excluding carboxylic acids is 1. The number of likely N-dealkylation sites (tertiary alicyclic amines) is 1. The van der Waals surface area contributed by atoms with E-state index in [1.54, 1.807) is 6.92 Å². The van der Waals surface area contributed by atoms with Crippen LogP contribution in [0.3, 0.4) is 0 Å². The van der Waals surface area contributed by atoms with Gasteiger partial charge in [-0.2, -0.15) is 0 Å². The molecule has 2 rings (SSSR count). The van der Waals surface area contributed by atoms with Crippen LogP contribution in [0.4, 0.5) is 0 Å². The number of aryl methyl sites for hydroxylation is 1. The zero-order chi connectivity index (χ0) is 13.3. The third-order valence-electron chi connectivity index (χ3n) is 3.29. The van der Waals surface area contributed by atoms with Crippen LogP contribution >= 0.6 is 11.5 Å². The van der Waals surface area contributed by atoms with Gasteiger partial charge in [0.1, 0.15) is 10.9 Å². The molecule has 0 aromatic carbocycles. The van der Waals surface area contributed by atoms with Crippen LogP contribution in [0.2, 0.25) is 0 Å². The molecule has 1 amide bonds. The Kier molecular flexibility index (Phi) is 3.60. The third kappa shape index (κ3) is 2.22. The van der Waals surface area contributed by atoms with Crippen LogP contribution in [0, 0.1) is 12.8 Å². The summed E-state index contributed by atoms with van der Waals surface area (Å²) in [5, 5.41) is 13.1. The molecule has 0 saturated carbocycles. The lowest BCUT2D eigenvalue weighted by atomic mass is 9.90. The van der Waals surface area contributed by atoms with Crippen molar-refractivity contribution in [3.8, 4) is 0 Å². The fourth-order valence-corrected chi connectivity index (χ4v) is 2.96. The summed E-state index contributed by atoms with van der Waals surface area (Å²) < 4.78 is 3.72. The van der Waals surface area contributed by atoms with E-state index in [-0.39, 0.29) is 11.8 Å². The molecule has 18 heavy (non-hydrogen) atoms. The van der Waals surface area contributed by atoms with Gasteiger partial charge in [0.2, 0.25) is 0 Å². The van der Waals surface area contributed by atoms with E-state index in [0.29, 0.717) is 17.1 Å². The first-order chi connectivity index (χ1) is 8.52. The molecular formula is C11H15N3O3S. The lowest BCUT2D eigenvalue weighted by Crippen LogP contribution is -2.51. The highest BCUT2D eigenvalue weighted by atomic mass is 32.1. The van der Waals surface area contributed by atoms with Gasteiger partial charge in [0.05, 0.1) is 5.69 Å². The summed E-state index contributed by atoms with van der Waals surface area (Å²) in [7, 11) is 0. The third-order valence-corrected chi connectivity index (χ3v) is 4.11. The minimum Gasteiger partial charge on any atom is -0.480 e. The number of aliphatic carboxylic acids is 1. The zero-order valence-electron chi connectivity index (χ0n) is 10.3. The Labute approximate surface area is 109 Å². The van der Waals surface area contributed by atoms with Crippen molar-refractivity contribution in [2.75, 3.05) is 6.54 Å². The van der Waals surface area contributed by atoms with Gasteiger partial charge in [0, 0.05) is 6.54 Å². The largest absolute Gasteiger partial charge is 0.480 e. The first-order valence-electron chi connectivity index (χ1n) is 5.85. The number of hydrogen-bond acceptors (Lipinski definition) is 5. The molecule has 2 atom stereocenters. The minimum atomic E-state index is -0.939. The fraction of sp³-hybridized carbons (Fsp3) is 0.636. The standard InChI is InChI=1S/C11H15N3O3S/c1-6-4-3-5-14(8(6)11(16)17)10(15)9-7(2)12-13-18-9/h6,8H,3-5H2,1-2H3,(H,16,17). The maximum absolute atomic E-state index is 12.3. The van der Waals surface area contributed by atoms with Gasteiger partial charge in [0.15, 0.2) is 0 Å². The van der Waals surface area contributed by atoms with E-state index in [1.165, 1.54) is 4.90 Å². The number of piperidine rings is 1. The Morgan fingerprint density at radius 2 is 2.22 bits per heavy atom. The van der Waals surface area contributed by atoms with Gasteiger partial charge >= 0.3 is 5.97 Å².